The molecule has 1 aromatic carbocycles. The zero-order chi connectivity index (χ0) is 15.9. The lowest BCUT2D eigenvalue weighted by Gasteiger charge is -2.45. The van der Waals surface area contributed by atoms with E-state index in [2.05, 4.69) is 11.2 Å². The van der Waals surface area contributed by atoms with E-state index in [9.17, 15) is 9.90 Å². The van der Waals surface area contributed by atoms with Crippen LogP contribution in [0, 0.1) is 11.3 Å². The fraction of sp³-hybridized carbons (Fsp3) is 0.438. The SMILES string of the molecule is CC1(C)Oc2ccc(C#N)cc2C(N2N=CCCC2=O)C1O. The highest BCUT2D eigenvalue weighted by Crippen LogP contribution is 2.43. The van der Waals surface area contributed by atoms with Crippen LogP contribution in [-0.2, 0) is 4.79 Å². The lowest BCUT2D eigenvalue weighted by atomic mass is 9.85. The standard InChI is InChI=1S/C16H17N3O3/c1-16(2)15(21)14(19-13(20)4-3-7-18-19)11-8-10(9-17)5-6-12(11)22-16/h5-8,14-15,21H,3-4H2,1-2H3. The van der Waals surface area contributed by atoms with Crippen molar-refractivity contribution in [2.45, 2.75) is 44.4 Å². The van der Waals surface area contributed by atoms with Gasteiger partial charge in [0.2, 0.25) is 5.91 Å². The second kappa shape index (κ2) is 5.11. The van der Waals surface area contributed by atoms with Gasteiger partial charge in [0.15, 0.2) is 0 Å². The van der Waals surface area contributed by atoms with Gasteiger partial charge in [-0.3, -0.25) is 4.79 Å². The summed E-state index contributed by atoms with van der Waals surface area (Å²) in [5.41, 5.74) is 0.199. The summed E-state index contributed by atoms with van der Waals surface area (Å²) in [4.78, 5) is 12.2. The first-order valence-electron chi connectivity index (χ1n) is 7.19. The first-order chi connectivity index (χ1) is 10.4. The molecule has 3 rings (SSSR count). The second-order valence-corrected chi connectivity index (χ2v) is 6.03. The molecule has 2 aliphatic heterocycles. The molecule has 0 radical (unpaired) electrons. The summed E-state index contributed by atoms with van der Waals surface area (Å²) in [6, 6.07) is 6.42. The van der Waals surface area contributed by atoms with Crippen LogP contribution in [0.4, 0.5) is 0 Å². The number of rotatable bonds is 1. The van der Waals surface area contributed by atoms with E-state index in [1.165, 1.54) is 5.01 Å². The van der Waals surface area contributed by atoms with Crippen LogP contribution in [-0.4, -0.2) is 33.9 Å². The zero-order valence-corrected chi connectivity index (χ0v) is 12.5. The summed E-state index contributed by atoms with van der Waals surface area (Å²) < 4.78 is 5.84. The predicted molar refractivity (Wildman–Crippen MR) is 79.2 cm³/mol. The lowest BCUT2D eigenvalue weighted by Crippen LogP contribution is -2.54. The number of benzene rings is 1. The number of hydrogen-bond acceptors (Lipinski definition) is 5. The lowest BCUT2D eigenvalue weighted by molar-refractivity contribution is -0.145. The molecule has 0 saturated heterocycles. The molecule has 2 heterocycles. The molecule has 2 atom stereocenters. The van der Waals surface area contributed by atoms with Gasteiger partial charge >= 0.3 is 0 Å². The molecule has 2 unspecified atom stereocenters. The number of aliphatic hydroxyl groups excluding tert-OH is 1. The number of nitrogens with zero attached hydrogens (tertiary/aromatic N) is 3. The van der Waals surface area contributed by atoms with Gasteiger partial charge < -0.3 is 9.84 Å². The van der Waals surface area contributed by atoms with E-state index in [-0.39, 0.29) is 5.91 Å². The Kier molecular flexibility index (Phi) is 3.38. The average Bonchev–Trinajstić information content (AvgIpc) is 2.49. The van der Waals surface area contributed by atoms with Crippen LogP contribution in [0.5, 0.6) is 5.75 Å². The Balaban J connectivity index is 2.15. The maximum Gasteiger partial charge on any atom is 0.243 e. The Morgan fingerprint density at radius 2 is 2.27 bits per heavy atom. The quantitative estimate of drug-likeness (QED) is 0.855. The number of amides is 1. The molecule has 0 aliphatic carbocycles. The van der Waals surface area contributed by atoms with Gasteiger partial charge in [-0.05, 0) is 38.5 Å². The normalized spacial score (nSPS) is 26.1. The van der Waals surface area contributed by atoms with E-state index < -0.39 is 17.7 Å². The molecule has 6 nitrogen and oxygen atoms in total. The topological polar surface area (TPSA) is 85.9 Å². The zero-order valence-electron chi connectivity index (χ0n) is 12.5. The Morgan fingerprint density at radius 1 is 1.50 bits per heavy atom. The van der Waals surface area contributed by atoms with E-state index >= 15 is 0 Å². The van der Waals surface area contributed by atoms with Crippen LogP contribution in [0.1, 0.15) is 43.9 Å². The highest BCUT2D eigenvalue weighted by molar-refractivity contribution is 5.82. The Morgan fingerprint density at radius 3 is 2.95 bits per heavy atom. The van der Waals surface area contributed by atoms with E-state index in [1.54, 1.807) is 38.3 Å². The molecule has 0 bridgehead atoms. The van der Waals surface area contributed by atoms with Crippen LogP contribution >= 0.6 is 0 Å². The van der Waals surface area contributed by atoms with Crippen molar-refractivity contribution >= 4 is 12.1 Å². The number of carbonyl (C=O) groups excluding carboxylic acids is 1. The van der Waals surface area contributed by atoms with Gasteiger partial charge in [0.1, 0.15) is 23.5 Å². The third-order valence-electron chi connectivity index (χ3n) is 4.05. The van der Waals surface area contributed by atoms with Crippen molar-refractivity contribution in [1.29, 1.82) is 5.26 Å². The number of nitriles is 1. The van der Waals surface area contributed by atoms with Crippen LogP contribution in [0.2, 0.25) is 0 Å². The summed E-state index contributed by atoms with van der Waals surface area (Å²) in [7, 11) is 0. The molecular weight excluding hydrogens is 282 g/mol. The maximum atomic E-state index is 12.2. The van der Waals surface area contributed by atoms with Gasteiger partial charge in [0.05, 0.1) is 11.6 Å². The summed E-state index contributed by atoms with van der Waals surface area (Å²) in [5, 5.41) is 25.3. The monoisotopic (exact) mass is 299 g/mol. The summed E-state index contributed by atoms with van der Waals surface area (Å²) in [6.07, 6.45) is 1.68. The van der Waals surface area contributed by atoms with Gasteiger partial charge in [-0.1, -0.05) is 0 Å². The van der Waals surface area contributed by atoms with E-state index in [1.807, 2.05) is 0 Å². The average molecular weight is 299 g/mol. The van der Waals surface area contributed by atoms with Crippen molar-refractivity contribution in [3.63, 3.8) is 0 Å². The first kappa shape index (κ1) is 14.5. The number of ether oxygens (including phenoxy) is 1. The van der Waals surface area contributed by atoms with Gasteiger partial charge in [0.25, 0.3) is 0 Å². The predicted octanol–water partition coefficient (Wildman–Crippen LogP) is 1.74. The Labute approximate surface area is 128 Å². The molecule has 1 aromatic rings. The van der Waals surface area contributed by atoms with Gasteiger partial charge in [-0.2, -0.15) is 10.4 Å². The minimum atomic E-state index is -0.951. The molecule has 22 heavy (non-hydrogen) atoms. The summed E-state index contributed by atoms with van der Waals surface area (Å²) in [5.74, 6) is 0.422. The second-order valence-electron chi connectivity index (χ2n) is 6.03. The number of carbonyl (C=O) groups is 1. The molecule has 1 amide bonds. The largest absolute Gasteiger partial charge is 0.485 e. The highest BCUT2D eigenvalue weighted by atomic mass is 16.5. The van der Waals surface area contributed by atoms with Crippen LogP contribution < -0.4 is 4.74 Å². The van der Waals surface area contributed by atoms with Crippen molar-refractivity contribution in [2.24, 2.45) is 5.10 Å². The van der Waals surface area contributed by atoms with E-state index in [0.29, 0.717) is 29.7 Å². The fourth-order valence-electron chi connectivity index (χ4n) is 2.84. The summed E-state index contributed by atoms with van der Waals surface area (Å²) >= 11 is 0. The Bertz CT molecular complexity index is 690. The smallest absolute Gasteiger partial charge is 0.243 e. The van der Waals surface area contributed by atoms with Crippen molar-refractivity contribution in [1.82, 2.24) is 5.01 Å². The highest BCUT2D eigenvalue weighted by Gasteiger charge is 2.47. The van der Waals surface area contributed by atoms with Crippen molar-refractivity contribution < 1.29 is 14.6 Å². The first-order valence-corrected chi connectivity index (χ1v) is 7.19. The van der Waals surface area contributed by atoms with E-state index in [0.717, 1.165) is 0 Å². The molecule has 1 N–H and O–H groups in total. The maximum absolute atomic E-state index is 12.2. The molecular formula is C16H17N3O3. The minimum absolute atomic E-state index is 0.141. The molecule has 6 heteroatoms. The van der Waals surface area contributed by atoms with Crippen molar-refractivity contribution in [2.75, 3.05) is 0 Å². The number of hydrogen-bond donors (Lipinski definition) is 1. The van der Waals surface area contributed by atoms with Crippen molar-refractivity contribution in [3.8, 4) is 11.8 Å². The summed E-state index contributed by atoms with van der Waals surface area (Å²) in [6.45, 7) is 3.54. The molecule has 0 aromatic heterocycles. The fourth-order valence-corrected chi connectivity index (χ4v) is 2.84. The molecule has 0 fully saturated rings. The number of hydrazone groups is 1. The molecule has 0 saturated carbocycles. The van der Waals surface area contributed by atoms with Gasteiger partial charge in [0, 0.05) is 18.2 Å². The third-order valence-corrected chi connectivity index (χ3v) is 4.05. The minimum Gasteiger partial charge on any atom is -0.485 e. The third kappa shape index (κ3) is 2.24. The molecule has 2 aliphatic rings. The van der Waals surface area contributed by atoms with E-state index in [4.69, 9.17) is 10.00 Å². The van der Waals surface area contributed by atoms with Gasteiger partial charge in [-0.15, -0.1) is 0 Å². The van der Waals surface area contributed by atoms with Gasteiger partial charge in [-0.25, -0.2) is 5.01 Å². The van der Waals surface area contributed by atoms with Crippen LogP contribution in [0.3, 0.4) is 0 Å². The molecule has 0 spiro atoms. The van der Waals surface area contributed by atoms with Crippen LogP contribution in [0.15, 0.2) is 23.3 Å². The number of aliphatic hydroxyl groups is 1. The Hall–Kier alpha value is -2.39. The van der Waals surface area contributed by atoms with Crippen LogP contribution in [0.25, 0.3) is 0 Å². The molecule has 114 valence electrons. The van der Waals surface area contributed by atoms with Crippen molar-refractivity contribution in [3.05, 3.63) is 29.3 Å². The number of fused-ring (bicyclic) bond motifs is 1.